The molecule has 2 rings (SSSR count). The van der Waals surface area contributed by atoms with Gasteiger partial charge in [0.15, 0.2) is 6.61 Å². The first-order chi connectivity index (χ1) is 10.1. The molecule has 0 saturated carbocycles. The van der Waals surface area contributed by atoms with E-state index in [-0.39, 0.29) is 12.6 Å². The summed E-state index contributed by atoms with van der Waals surface area (Å²) in [6.07, 6.45) is 4.51. The van der Waals surface area contributed by atoms with Gasteiger partial charge in [0.05, 0.1) is 0 Å². The number of amides is 3. The molecule has 0 unspecified atom stereocenters. The van der Waals surface area contributed by atoms with Gasteiger partial charge < -0.3 is 20.7 Å². The van der Waals surface area contributed by atoms with E-state index in [1.807, 2.05) is 4.90 Å². The van der Waals surface area contributed by atoms with E-state index in [2.05, 4.69) is 5.32 Å². The summed E-state index contributed by atoms with van der Waals surface area (Å²) >= 11 is 0. The Morgan fingerprint density at radius 1 is 1.10 bits per heavy atom. The van der Waals surface area contributed by atoms with Crippen LogP contribution in [0.5, 0.6) is 5.75 Å². The standard InChI is InChI=1S/C15H21N3O3/c16-14(19)11-21-13-7-5-12(6-8-13)17-15(20)18-9-3-1-2-4-10-18/h5-8H,1-4,9-11H2,(H2,16,19)(H,17,20). The molecule has 1 fully saturated rings. The van der Waals surface area contributed by atoms with Crippen molar-refractivity contribution in [2.75, 3.05) is 25.0 Å². The van der Waals surface area contributed by atoms with Crippen molar-refractivity contribution in [1.82, 2.24) is 4.90 Å². The summed E-state index contributed by atoms with van der Waals surface area (Å²) in [5.41, 5.74) is 5.71. The third-order valence-corrected chi connectivity index (χ3v) is 3.38. The largest absolute Gasteiger partial charge is 0.484 e. The van der Waals surface area contributed by atoms with E-state index in [1.165, 1.54) is 12.8 Å². The van der Waals surface area contributed by atoms with Crippen molar-refractivity contribution in [3.05, 3.63) is 24.3 Å². The number of carbonyl (C=O) groups is 2. The Hall–Kier alpha value is -2.24. The van der Waals surface area contributed by atoms with Gasteiger partial charge in [-0.1, -0.05) is 12.8 Å². The topological polar surface area (TPSA) is 84.7 Å². The molecule has 1 aliphatic rings. The maximum absolute atomic E-state index is 12.1. The number of anilines is 1. The van der Waals surface area contributed by atoms with Crippen molar-refractivity contribution in [2.24, 2.45) is 5.73 Å². The normalized spacial score (nSPS) is 15.1. The Labute approximate surface area is 124 Å². The highest BCUT2D eigenvalue weighted by Gasteiger charge is 2.15. The molecule has 3 amide bonds. The second-order valence-corrected chi connectivity index (χ2v) is 5.11. The molecule has 0 bridgehead atoms. The number of hydrogen-bond donors (Lipinski definition) is 2. The van der Waals surface area contributed by atoms with E-state index < -0.39 is 5.91 Å². The first-order valence-electron chi connectivity index (χ1n) is 7.22. The lowest BCUT2D eigenvalue weighted by molar-refractivity contribution is -0.119. The molecule has 1 aromatic carbocycles. The Morgan fingerprint density at radius 3 is 2.29 bits per heavy atom. The fourth-order valence-electron chi connectivity index (χ4n) is 2.27. The summed E-state index contributed by atoms with van der Waals surface area (Å²) < 4.78 is 5.16. The molecule has 3 N–H and O–H groups in total. The van der Waals surface area contributed by atoms with Crippen LogP contribution in [0.2, 0.25) is 0 Å². The Kier molecular flexibility index (Phi) is 5.43. The van der Waals surface area contributed by atoms with Crippen LogP contribution in [0.25, 0.3) is 0 Å². The number of nitrogens with zero attached hydrogens (tertiary/aromatic N) is 1. The highest BCUT2D eigenvalue weighted by Crippen LogP contribution is 2.17. The van der Waals surface area contributed by atoms with Gasteiger partial charge >= 0.3 is 6.03 Å². The monoisotopic (exact) mass is 291 g/mol. The van der Waals surface area contributed by atoms with Gasteiger partial charge in [-0.25, -0.2) is 4.79 Å². The van der Waals surface area contributed by atoms with Crippen LogP contribution in [0, 0.1) is 0 Å². The Bertz CT molecular complexity index is 479. The zero-order valence-corrected chi connectivity index (χ0v) is 12.0. The van der Waals surface area contributed by atoms with E-state index in [0.29, 0.717) is 11.4 Å². The lowest BCUT2D eigenvalue weighted by atomic mass is 10.2. The second-order valence-electron chi connectivity index (χ2n) is 5.11. The molecular formula is C15H21N3O3. The fraction of sp³-hybridized carbons (Fsp3) is 0.467. The summed E-state index contributed by atoms with van der Waals surface area (Å²) in [6, 6.07) is 6.81. The summed E-state index contributed by atoms with van der Waals surface area (Å²) in [5, 5.41) is 2.87. The first-order valence-corrected chi connectivity index (χ1v) is 7.22. The smallest absolute Gasteiger partial charge is 0.321 e. The van der Waals surface area contributed by atoms with Crippen molar-refractivity contribution in [3.8, 4) is 5.75 Å². The lowest BCUT2D eigenvalue weighted by Crippen LogP contribution is -2.35. The average molecular weight is 291 g/mol. The Balaban J connectivity index is 1.87. The molecule has 114 valence electrons. The highest BCUT2D eigenvalue weighted by molar-refractivity contribution is 5.89. The zero-order chi connectivity index (χ0) is 15.1. The van der Waals surface area contributed by atoms with Crippen LogP contribution >= 0.6 is 0 Å². The van der Waals surface area contributed by atoms with Gasteiger partial charge in [-0.05, 0) is 37.1 Å². The quantitative estimate of drug-likeness (QED) is 0.889. The van der Waals surface area contributed by atoms with E-state index in [1.54, 1.807) is 24.3 Å². The van der Waals surface area contributed by atoms with Crippen molar-refractivity contribution < 1.29 is 14.3 Å². The van der Waals surface area contributed by atoms with Crippen molar-refractivity contribution in [2.45, 2.75) is 25.7 Å². The third-order valence-electron chi connectivity index (χ3n) is 3.38. The summed E-state index contributed by atoms with van der Waals surface area (Å²) in [5.74, 6) is 0.0233. The number of nitrogens with one attached hydrogen (secondary N) is 1. The molecule has 0 spiro atoms. The minimum Gasteiger partial charge on any atom is -0.484 e. The molecule has 0 atom stereocenters. The number of benzene rings is 1. The Morgan fingerprint density at radius 2 is 1.71 bits per heavy atom. The molecule has 1 heterocycles. The first kappa shape index (κ1) is 15.2. The molecule has 6 nitrogen and oxygen atoms in total. The number of urea groups is 1. The van der Waals surface area contributed by atoms with Crippen LogP contribution in [0.15, 0.2) is 24.3 Å². The van der Waals surface area contributed by atoms with E-state index in [0.717, 1.165) is 25.9 Å². The number of rotatable bonds is 4. The SMILES string of the molecule is NC(=O)COc1ccc(NC(=O)N2CCCCCC2)cc1. The van der Waals surface area contributed by atoms with Crippen LogP contribution in [-0.2, 0) is 4.79 Å². The molecule has 21 heavy (non-hydrogen) atoms. The van der Waals surface area contributed by atoms with Crippen molar-refractivity contribution in [1.29, 1.82) is 0 Å². The molecule has 1 aliphatic heterocycles. The van der Waals surface area contributed by atoms with Gasteiger partial charge in [0.1, 0.15) is 5.75 Å². The fourth-order valence-corrected chi connectivity index (χ4v) is 2.27. The lowest BCUT2D eigenvalue weighted by Gasteiger charge is -2.20. The van der Waals surface area contributed by atoms with Crippen molar-refractivity contribution >= 4 is 17.6 Å². The van der Waals surface area contributed by atoms with Crippen LogP contribution in [0.3, 0.4) is 0 Å². The average Bonchev–Trinajstić information content (AvgIpc) is 2.75. The van der Waals surface area contributed by atoms with Gasteiger partial charge in [-0.2, -0.15) is 0 Å². The summed E-state index contributed by atoms with van der Waals surface area (Å²) in [6.45, 7) is 1.47. The zero-order valence-electron chi connectivity index (χ0n) is 12.0. The second kappa shape index (κ2) is 7.52. The van der Waals surface area contributed by atoms with Crippen LogP contribution < -0.4 is 15.8 Å². The number of nitrogens with two attached hydrogens (primary N) is 1. The van der Waals surface area contributed by atoms with Gasteiger partial charge in [-0.3, -0.25) is 4.79 Å². The molecular weight excluding hydrogens is 270 g/mol. The minimum atomic E-state index is -0.520. The number of primary amides is 1. The van der Waals surface area contributed by atoms with Crippen molar-refractivity contribution in [3.63, 3.8) is 0 Å². The maximum Gasteiger partial charge on any atom is 0.321 e. The van der Waals surface area contributed by atoms with E-state index >= 15 is 0 Å². The number of ether oxygens (including phenoxy) is 1. The van der Waals surface area contributed by atoms with Gasteiger partial charge in [0.2, 0.25) is 0 Å². The third kappa shape index (κ3) is 4.98. The summed E-state index contributed by atoms with van der Waals surface area (Å²) in [4.78, 5) is 24.6. The molecule has 0 radical (unpaired) electrons. The number of hydrogen-bond acceptors (Lipinski definition) is 3. The van der Waals surface area contributed by atoms with Gasteiger partial charge in [0.25, 0.3) is 5.91 Å². The summed E-state index contributed by atoms with van der Waals surface area (Å²) in [7, 11) is 0. The number of carbonyl (C=O) groups excluding carboxylic acids is 2. The van der Waals surface area contributed by atoms with E-state index in [4.69, 9.17) is 10.5 Å². The predicted molar refractivity (Wildman–Crippen MR) is 80.2 cm³/mol. The van der Waals surface area contributed by atoms with Crippen LogP contribution in [-0.4, -0.2) is 36.5 Å². The molecule has 1 aromatic rings. The predicted octanol–water partition coefficient (Wildman–Crippen LogP) is 1.96. The maximum atomic E-state index is 12.1. The van der Waals surface area contributed by atoms with E-state index in [9.17, 15) is 9.59 Å². The molecule has 0 aromatic heterocycles. The van der Waals surface area contributed by atoms with Gasteiger partial charge in [-0.15, -0.1) is 0 Å². The highest BCUT2D eigenvalue weighted by atomic mass is 16.5. The van der Waals surface area contributed by atoms with Crippen LogP contribution in [0.1, 0.15) is 25.7 Å². The molecule has 6 heteroatoms. The molecule has 1 saturated heterocycles. The number of likely N-dealkylation sites (tertiary alicyclic amines) is 1. The van der Waals surface area contributed by atoms with Gasteiger partial charge in [0, 0.05) is 18.8 Å². The van der Waals surface area contributed by atoms with Crippen LogP contribution in [0.4, 0.5) is 10.5 Å². The minimum absolute atomic E-state index is 0.0669. The molecule has 0 aliphatic carbocycles.